The predicted octanol–water partition coefficient (Wildman–Crippen LogP) is 3.37. The summed E-state index contributed by atoms with van der Waals surface area (Å²) in [6.07, 6.45) is 1.46. The molecule has 2 heterocycles. The third kappa shape index (κ3) is 4.42. The molecule has 3 rings (SSSR count). The fourth-order valence-corrected chi connectivity index (χ4v) is 2.90. The number of furan rings is 1. The van der Waals surface area contributed by atoms with Crippen LogP contribution in [0.25, 0.3) is 0 Å². The molecular weight excluding hydrogens is 354 g/mol. The average Bonchev–Trinajstić information content (AvgIpc) is 3.27. The Labute approximate surface area is 153 Å². The number of amides is 2. The zero-order valence-electron chi connectivity index (χ0n) is 13.8. The third-order valence-corrected chi connectivity index (χ3v) is 4.22. The molecule has 0 unspecified atom stereocenters. The number of nitrogens with one attached hydrogen (secondary N) is 2. The first kappa shape index (κ1) is 17.6. The molecule has 0 radical (unpaired) electrons. The van der Waals surface area contributed by atoms with E-state index < -0.39 is 5.91 Å². The lowest BCUT2D eigenvalue weighted by molar-refractivity contribution is -0.115. The molecular formula is C18H15N3O4S. The Morgan fingerprint density at radius 3 is 2.73 bits per heavy atom. The Kier molecular flexibility index (Phi) is 5.23. The Hall–Kier alpha value is -3.26. The molecule has 7 nitrogen and oxygen atoms in total. The largest absolute Gasteiger partial charge is 0.459 e. The number of hydrogen-bond donors (Lipinski definition) is 2. The van der Waals surface area contributed by atoms with Crippen molar-refractivity contribution >= 4 is 39.8 Å². The molecule has 1 aromatic carbocycles. The van der Waals surface area contributed by atoms with Crippen LogP contribution in [0.15, 0.2) is 52.5 Å². The quantitative estimate of drug-likeness (QED) is 0.649. The van der Waals surface area contributed by atoms with E-state index in [9.17, 15) is 14.4 Å². The van der Waals surface area contributed by atoms with E-state index in [0.717, 1.165) is 0 Å². The van der Waals surface area contributed by atoms with Crippen LogP contribution in [0.2, 0.25) is 0 Å². The molecule has 0 saturated carbocycles. The van der Waals surface area contributed by atoms with E-state index in [2.05, 4.69) is 15.6 Å². The summed E-state index contributed by atoms with van der Waals surface area (Å²) in [6, 6.07) is 9.89. The molecule has 8 heteroatoms. The number of ketones is 1. The van der Waals surface area contributed by atoms with Crippen LogP contribution in [0.3, 0.4) is 0 Å². The normalized spacial score (nSPS) is 10.3. The van der Waals surface area contributed by atoms with Gasteiger partial charge in [-0.1, -0.05) is 12.1 Å². The van der Waals surface area contributed by atoms with Crippen LogP contribution in [0, 0.1) is 0 Å². The highest BCUT2D eigenvalue weighted by atomic mass is 32.1. The van der Waals surface area contributed by atoms with Gasteiger partial charge in [0.15, 0.2) is 16.7 Å². The van der Waals surface area contributed by atoms with Gasteiger partial charge in [-0.05, 0) is 31.2 Å². The highest BCUT2D eigenvalue weighted by Gasteiger charge is 2.13. The molecule has 26 heavy (non-hydrogen) atoms. The first-order valence-electron chi connectivity index (χ1n) is 7.71. The summed E-state index contributed by atoms with van der Waals surface area (Å²) < 4.78 is 5.01. The maximum Gasteiger partial charge on any atom is 0.293 e. The monoisotopic (exact) mass is 369 g/mol. The van der Waals surface area contributed by atoms with Crippen molar-refractivity contribution < 1.29 is 18.8 Å². The lowest BCUT2D eigenvalue weighted by Crippen LogP contribution is -2.15. The minimum Gasteiger partial charge on any atom is -0.459 e. The van der Waals surface area contributed by atoms with E-state index in [1.807, 2.05) is 0 Å². The van der Waals surface area contributed by atoms with Crippen LogP contribution < -0.4 is 10.6 Å². The number of carbonyl (C=O) groups excluding carboxylic acids is 3. The number of nitrogens with zero attached hydrogens (tertiary/aromatic N) is 1. The number of hydrogen-bond acceptors (Lipinski definition) is 6. The van der Waals surface area contributed by atoms with Crippen molar-refractivity contribution in [1.29, 1.82) is 0 Å². The number of Topliss-reactive ketones (excluding diaryl/α,β-unsaturated/α-hetero) is 1. The van der Waals surface area contributed by atoms with Crippen molar-refractivity contribution in [3.63, 3.8) is 0 Å². The van der Waals surface area contributed by atoms with Gasteiger partial charge in [-0.15, -0.1) is 11.3 Å². The first-order valence-corrected chi connectivity index (χ1v) is 8.59. The van der Waals surface area contributed by atoms with Crippen LogP contribution in [-0.4, -0.2) is 22.6 Å². The number of anilines is 2. The molecule has 0 saturated heterocycles. The summed E-state index contributed by atoms with van der Waals surface area (Å²) >= 11 is 1.22. The van der Waals surface area contributed by atoms with Crippen molar-refractivity contribution in [3.8, 4) is 0 Å². The lowest BCUT2D eigenvalue weighted by atomic mass is 10.1. The van der Waals surface area contributed by atoms with E-state index in [1.165, 1.54) is 24.5 Å². The summed E-state index contributed by atoms with van der Waals surface area (Å²) in [6.45, 7) is 1.47. The predicted molar refractivity (Wildman–Crippen MR) is 97.6 cm³/mol. The maximum absolute atomic E-state index is 12.1. The van der Waals surface area contributed by atoms with Gasteiger partial charge in [-0.3, -0.25) is 19.7 Å². The Morgan fingerprint density at radius 2 is 2.00 bits per heavy atom. The SMILES string of the molecule is CC(=O)c1cccc(NC(=O)Cc2csc(NC(=O)c3ccco3)n2)c1. The highest BCUT2D eigenvalue weighted by Crippen LogP contribution is 2.18. The van der Waals surface area contributed by atoms with Gasteiger partial charge < -0.3 is 9.73 Å². The van der Waals surface area contributed by atoms with Gasteiger partial charge in [0, 0.05) is 16.6 Å². The maximum atomic E-state index is 12.1. The second-order valence-corrected chi connectivity index (χ2v) is 6.30. The molecule has 0 fully saturated rings. The molecule has 0 aliphatic heterocycles. The molecule has 0 aliphatic carbocycles. The minimum atomic E-state index is -0.401. The lowest BCUT2D eigenvalue weighted by Gasteiger charge is -2.05. The molecule has 2 aromatic heterocycles. The number of thiazole rings is 1. The zero-order chi connectivity index (χ0) is 18.5. The summed E-state index contributed by atoms with van der Waals surface area (Å²) in [5.74, 6) is -0.552. The minimum absolute atomic E-state index is 0.0530. The van der Waals surface area contributed by atoms with Crippen LogP contribution in [-0.2, 0) is 11.2 Å². The van der Waals surface area contributed by atoms with E-state index in [0.29, 0.717) is 22.1 Å². The molecule has 2 N–H and O–H groups in total. The van der Waals surface area contributed by atoms with Crippen molar-refractivity contribution in [3.05, 3.63) is 65.1 Å². The molecule has 3 aromatic rings. The summed E-state index contributed by atoms with van der Waals surface area (Å²) in [7, 11) is 0. The van der Waals surface area contributed by atoms with Crippen LogP contribution in [0.4, 0.5) is 10.8 Å². The van der Waals surface area contributed by atoms with E-state index >= 15 is 0 Å². The average molecular weight is 369 g/mol. The fourth-order valence-electron chi connectivity index (χ4n) is 2.20. The fraction of sp³-hybridized carbons (Fsp3) is 0.111. The second kappa shape index (κ2) is 7.75. The van der Waals surface area contributed by atoms with Gasteiger partial charge in [0.05, 0.1) is 18.4 Å². The van der Waals surface area contributed by atoms with Gasteiger partial charge in [0.1, 0.15) is 0 Å². The van der Waals surface area contributed by atoms with Crippen molar-refractivity contribution in [2.45, 2.75) is 13.3 Å². The van der Waals surface area contributed by atoms with E-state index in [-0.39, 0.29) is 23.9 Å². The standard InChI is InChI=1S/C18H15N3O4S/c1-11(22)12-4-2-5-13(8-12)19-16(23)9-14-10-26-18(20-14)21-17(24)15-6-3-7-25-15/h2-8,10H,9H2,1H3,(H,19,23)(H,20,21,24). The summed E-state index contributed by atoms with van der Waals surface area (Å²) in [5, 5.41) is 7.42. The Bertz CT molecular complexity index is 947. The molecule has 0 spiro atoms. The molecule has 0 bridgehead atoms. The van der Waals surface area contributed by atoms with Gasteiger partial charge in [-0.2, -0.15) is 0 Å². The Balaban J connectivity index is 1.58. The second-order valence-electron chi connectivity index (χ2n) is 5.44. The Morgan fingerprint density at radius 1 is 1.15 bits per heavy atom. The van der Waals surface area contributed by atoms with Gasteiger partial charge in [0.2, 0.25) is 5.91 Å². The van der Waals surface area contributed by atoms with Crippen LogP contribution in [0.1, 0.15) is 33.5 Å². The van der Waals surface area contributed by atoms with Crippen molar-refractivity contribution in [2.75, 3.05) is 10.6 Å². The van der Waals surface area contributed by atoms with Gasteiger partial charge in [-0.25, -0.2) is 4.98 Å². The van der Waals surface area contributed by atoms with E-state index in [4.69, 9.17) is 4.42 Å². The number of rotatable bonds is 6. The smallest absolute Gasteiger partial charge is 0.293 e. The number of benzene rings is 1. The zero-order valence-corrected chi connectivity index (χ0v) is 14.6. The topological polar surface area (TPSA) is 101 Å². The first-order chi connectivity index (χ1) is 12.5. The van der Waals surface area contributed by atoms with Crippen LogP contribution >= 0.6 is 11.3 Å². The summed E-state index contributed by atoms with van der Waals surface area (Å²) in [4.78, 5) is 39.6. The van der Waals surface area contributed by atoms with Crippen LogP contribution in [0.5, 0.6) is 0 Å². The van der Waals surface area contributed by atoms with Gasteiger partial charge >= 0.3 is 0 Å². The number of carbonyl (C=O) groups is 3. The summed E-state index contributed by atoms with van der Waals surface area (Å²) in [5.41, 5.74) is 1.61. The molecule has 0 aliphatic rings. The van der Waals surface area contributed by atoms with Crippen molar-refractivity contribution in [2.24, 2.45) is 0 Å². The van der Waals surface area contributed by atoms with E-state index in [1.54, 1.807) is 41.8 Å². The van der Waals surface area contributed by atoms with Gasteiger partial charge in [0.25, 0.3) is 5.91 Å². The highest BCUT2D eigenvalue weighted by molar-refractivity contribution is 7.14. The van der Waals surface area contributed by atoms with Crippen molar-refractivity contribution in [1.82, 2.24) is 4.98 Å². The number of aromatic nitrogens is 1. The molecule has 0 atom stereocenters. The third-order valence-electron chi connectivity index (χ3n) is 3.41. The molecule has 132 valence electrons. The molecule has 2 amide bonds.